The van der Waals surface area contributed by atoms with Crippen LogP contribution in [-0.2, 0) is 0 Å². The number of carbonyl (C=O) groups excluding carboxylic acids is 1. The second-order valence-electron chi connectivity index (χ2n) is 6.68. The molecule has 0 aliphatic carbocycles. The molecule has 0 aromatic heterocycles. The molecule has 0 bridgehead atoms. The van der Waals surface area contributed by atoms with Crippen LogP contribution in [0, 0.1) is 0 Å². The van der Waals surface area contributed by atoms with Crippen LogP contribution in [0.3, 0.4) is 0 Å². The molecule has 4 aromatic carbocycles. The Morgan fingerprint density at radius 1 is 0.536 bits per heavy atom. The summed E-state index contributed by atoms with van der Waals surface area (Å²) in [4.78, 5) is 14.2. The SMILES string of the molecule is O=[C](c1ccc(Cl)cc1)[Sn]([c]1ccccc1)([c]1ccccc1)[c]1ccccc1. The van der Waals surface area contributed by atoms with E-state index in [2.05, 4.69) is 36.4 Å². The predicted octanol–water partition coefficient (Wildman–Crippen LogP) is 4.23. The maximum absolute atomic E-state index is 14.2. The molecule has 4 aromatic rings. The van der Waals surface area contributed by atoms with Crippen molar-refractivity contribution in [1.82, 2.24) is 0 Å². The number of hydrogen-bond donors (Lipinski definition) is 0. The fourth-order valence-corrected chi connectivity index (χ4v) is 16.6. The molecule has 0 unspecified atom stereocenters. The number of halogens is 1. The van der Waals surface area contributed by atoms with Crippen molar-refractivity contribution in [3.05, 3.63) is 126 Å². The fraction of sp³-hybridized carbons (Fsp3) is 0. The molecule has 0 saturated heterocycles. The number of hydrogen-bond acceptors (Lipinski definition) is 1. The monoisotopic (exact) mass is 490 g/mol. The fourth-order valence-electron chi connectivity index (χ4n) is 3.78. The minimum absolute atomic E-state index is 0.231. The second kappa shape index (κ2) is 8.34. The summed E-state index contributed by atoms with van der Waals surface area (Å²) >= 11 is 2.09. The van der Waals surface area contributed by atoms with Gasteiger partial charge in [0.1, 0.15) is 0 Å². The van der Waals surface area contributed by atoms with Crippen LogP contribution in [0.2, 0.25) is 5.02 Å². The van der Waals surface area contributed by atoms with Crippen molar-refractivity contribution in [3.63, 3.8) is 0 Å². The summed E-state index contributed by atoms with van der Waals surface area (Å²) in [5.41, 5.74) is 0.719. The first-order chi connectivity index (χ1) is 13.7. The molecule has 3 heteroatoms. The first-order valence-corrected chi connectivity index (χ1v) is 15.3. The van der Waals surface area contributed by atoms with Gasteiger partial charge in [-0.1, -0.05) is 0 Å². The van der Waals surface area contributed by atoms with Crippen LogP contribution in [-0.4, -0.2) is 22.2 Å². The topological polar surface area (TPSA) is 17.1 Å². The molecule has 0 aliphatic heterocycles. The zero-order valence-electron chi connectivity index (χ0n) is 15.3. The first-order valence-electron chi connectivity index (χ1n) is 9.20. The maximum atomic E-state index is 14.2. The molecule has 4 rings (SSSR count). The molecular formula is C25H19ClOSn. The standard InChI is InChI=1S/C7H4ClO.3C6H5.Sn/c8-7-3-1-6(5-9)2-4-7;3*1-2-4-6-5-3-1;/h1-4H;3*1-5H;. The van der Waals surface area contributed by atoms with E-state index in [1.165, 1.54) is 0 Å². The van der Waals surface area contributed by atoms with E-state index in [4.69, 9.17) is 11.6 Å². The van der Waals surface area contributed by atoms with Crippen molar-refractivity contribution >= 4 is 44.5 Å². The molecular weight excluding hydrogens is 470 g/mol. The van der Waals surface area contributed by atoms with Gasteiger partial charge in [0.25, 0.3) is 0 Å². The third-order valence-electron chi connectivity index (χ3n) is 5.07. The van der Waals surface area contributed by atoms with Gasteiger partial charge in [0.05, 0.1) is 0 Å². The molecule has 0 heterocycles. The Balaban J connectivity index is 2.07. The molecule has 0 spiro atoms. The molecule has 0 radical (unpaired) electrons. The Bertz CT molecular complexity index is 965. The van der Waals surface area contributed by atoms with Gasteiger partial charge >= 0.3 is 175 Å². The molecule has 28 heavy (non-hydrogen) atoms. The van der Waals surface area contributed by atoms with Gasteiger partial charge in [0.2, 0.25) is 0 Å². The van der Waals surface area contributed by atoms with Crippen LogP contribution < -0.4 is 10.7 Å². The van der Waals surface area contributed by atoms with Crippen molar-refractivity contribution in [2.24, 2.45) is 0 Å². The van der Waals surface area contributed by atoms with E-state index in [-0.39, 0.29) is 3.80 Å². The first kappa shape index (κ1) is 19.0. The molecule has 136 valence electrons. The normalized spacial score (nSPS) is 11.2. The number of rotatable bonds is 5. The molecule has 0 atom stereocenters. The van der Waals surface area contributed by atoms with Gasteiger partial charge in [-0.25, -0.2) is 0 Å². The summed E-state index contributed by atoms with van der Waals surface area (Å²) in [5, 5.41) is 0.636. The summed E-state index contributed by atoms with van der Waals surface area (Å²) in [5.74, 6) is 0. The van der Waals surface area contributed by atoms with Gasteiger partial charge in [0.15, 0.2) is 0 Å². The van der Waals surface area contributed by atoms with Crippen LogP contribution in [0.15, 0.2) is 115 Å². The van der Waals surface area contributed by atoms with E-state index in [1.807, 2.05) is 66.7 Å². The Hall–Kier alpha value is -2.36. The van der Waals surface area contributed by atoms with E-state index in [1.54, 1.807) is 12.1 Å². The second-order valence-corrected chi connectivity index (χ2v) is 17.6. The Morgan fingerprint density at radius 2 is 0.893 bits per heavy atom. The Labute approximate surface area is 174 Å². The number of carbonyl (C=O) groups is 1. The Morgan fingerprint density at radius 3 is 1.25 bits per heavy atom. The van der Waals surface area contributed by atoms with Crippen molar-refractivity contribution in [2.75, 3.05) is 0 Å². The van der Waals surface area contributed by atoms with E-state index >= 15 is 0 Å². The third kappa shape index (κ3) is 3.41. The molecule has 0 amide bonds. The van der Waals surface area contributed by atoms with Crippen molar-refractivity contribution in [2.45, 2.75) is 0 Å². The van der Waals surface area contributed by atoms with E-state index in [9.17, 15) is 4.79 Å². The molecule has 0 aliphatic rings. The predicted molar refractivity (Wildman–Crippen MR) is 120 cm³/mol. The van der Waals surface area contributed by atoms with Crippen LogP contribution in [0.25, 0.3) is 0 Å². The van der Waals surface area contributed by atoms with E-state index in [0.717, 1.165) is 16.3 Å². The molecule has 1 nitrogen and oxygen atoms in total. The zero-order chi connectivity index (χ0) is 19.4. The summed E-state index contributed by atoms with van der Waals surface area (Å²) in [7, 11) is 0. The average Bonchev–Trinajstić information content (AvgIpc) is 2.77. The Kier molecular flexibility index (Phi) is 5.65. The van der Waals surface area contributed by atoms with Gasteiger partial charge in [-0.15, -0.1) is 0 Å². The van der Waals surface area contributed by atoms with Crippen LogP contribution in [0.1, 0.15) is 10.4 Å². The zero-order valence-corrected chi connectivity index (χ0v) is 18.9. The summed E-state index contributed by atoms with van der Waals surface area (Å²) < 4.78 is 3.67. The summed E-state index contributed by atoms with van der Waals surface area (Å²) in [6, 6.07) is 38.2. The molecule has 0 fully saturated rings. The third-order valence-corrected chi connectivity index (χ3v) is 18.4. The van der Waals surface area contributed by atoms with Crippen molar-refractivity contribution in [1.29, 1.82) is 0 Å². The summed E-state index contributed by atoms with van der Waals surface area (Å²) in [6.45, 7) is 0. The average molecular weight is 490 g/mol. The van der Waals surface area contributed by atoms with Gasteiger partial charge in [-0.2, -0.15) is 0 Å². The van der Waals surface area contributed by atoms with Gasteiger partial charge in [-0.05, 0) is 0 Å². The van der Waals surface area contributed by atoms with Crippen LogP contribution in [0.4, 0.5) is 0 Å². The number of benzene rings is 4. The van der Waals surface area contributed by atoms with Gasteiger partial charge < -0.3 is 0 Å². The molecule has 0 saturated carbocycles. The van der Waals surface area contributed by atoms with Gasteiger partial charge in [0, 0.05) is 0 Å². The van der Waals surface area contributed by atoms with E-state index < -0.39 is 18.4 Å². The van der Waals surface area contributed by atoms with Crippen LogP contribution >= 0.6 is 11.6 Å². The van der Waals surface area contributed by atoms with Crippen molar-refractivity contribution < 1.29 is 4.79 Å². The van der Waals surface area contributed by atoms with E-state index in [0.29, 0.717) is 5.02 Å². The quantitative estimate of drug-likeness (QED) is 0.384. The van der Waals surface area contributed by atoms with Crippen molar-refractivity contribution in [3.8, 4) is 0 Å². The summed E-state index contributed by atoms with van der Waals surface area (Å²) in [6.07, 6.45) is 0. The minimum atomic E-state index is -4.00. The van der Waals surface area contributed by atoms with Crippen LogP contribution in [0.5, 0.6) is 0 Å². The van der Waals surface area contributed by atoms with Gasteiger partial charge in [-0.3, -0.25) is 0 Å². The molecule has 0 N–H and O–H groups in total.